The molecule has 1 aliphatic rings. The summed E-state index contributed by atoms with van der Waals surface area (Å²) < 4.78 is 0. The van der Waals surface area contributed by atoms with E-state index in [1.807, 2.05) is 70.2 Å². The number of thioether (sulfide) groups is 1. The summed E-state index contributed by atoms with van der Waals surface area (Å²) in [5.74, 6) is 0.877. The van der Waals surface area contributed by atoms with Gasteiger partial charge in [0.2, 0.25) is 5.91 Å². The van der Waals surface area contributed by atoms with Crippen LogP contribution in [0.15, 0.2) is 42.5 Å². The molecule has 2 aromatic rings. The Morgan fingerprint density at radius 3 is 2.37 bits per heavy atom. The van der Waals surface area contributed by atoms with Crippen LogP contribution in [0.25, 0.3) is 0 Å². The SMILES string of the molecule is Cc1ccccc1CN1C(=O)CSCC1(C)C(=O)Nc1c(C)cccc1C. The van der Waals surface area contributed by atoms with Crippen LogP contribution < -0.4 is 5.32 Å². The van der Waals surface area contributed by atoms with Gasteiger partial charge < -0.3 is 10.2 Å². The van der Waals surface area contributed by atoms with Crippen molar-refractivity contribution in [3.8, 4) is 0 Å². The molecule has 0 aromatic heterocycles. The van der Waals surface area contributed by atoms with Gasteiger partial charge in [0.25, 0.3) is 5.91 Å². The number of hydrogen-bond donors (Lipinski definition) is 1. The van der Waals surface area contributed by atoms with Crippen molar-refractivity contribution < 1.29 is 9.59 Å². The molecule has 1 heterocycles. The second-order valence-corrected chi connectivity index (χ2v) is 8.38. The highest BCUT2D eigenvalue weighted by Crippen LogP contribution is 2.32. The van der Waals surface area contributed by atoms with E-state index in [0.717, 1.165) is 27.9 Å². The summed E-state index contributed by atoms with van der Waals surface area (Å²) in [7, 11) is 0. The minimum absolute atomic E-state index is 0.00802. The number of para-hydroxylation sites is 1. The van der Waals surface area contributed by atoms with Gasteiger partial charge in [0.15, 0.2) is 0 Å². The predicted octanol–water partition coefficient (Wildman–Crippen LogP) is 4.08. The Balaban J connectivity index is 1.91. The normalized spacial score (nSPS) is 19.9. The van der Waals surface area contributed by atoms with Gasteiger partial charge >= 0.3 is 0 Å². The van der Waals surface area contributed by atoms with E-state index in [9.17, 15) is 9.59 Å². The van der Waals surface area contributed by atoms with Crippen molar-refractivity contribution in [1.82, 2.24) is 4.90 Å². The Kier molecular flexibility index (Phi) is 5.61. The first kappa shape index (κ1) is 19.5. The molecule has 2 amide bonds. The number of anilines is 1. The Hall–Kier alpha value is -2.27. The number of carbonyl (C=O) groups is 2. The fourth-order valence-electron chi connectivity index (χ4n) is 3.44. The van der Waals surface area contributed by atoms with Crippen molar-refractivity contribution in [2.24, 2.45) is 0 Å². The molecule has 0 aliphatic carbocycles. The van der Waals surface area contributed by atoms with Gasteiger partial charge in [0.1, 0.15) is 5.54 Å². The Morgan fingerprint density at radius 2 is 1.70 bits per heavy atom. The van der Waals surface area contributed by atoms with Crippen LogP contribution in [0.4, 0.5) is 5.69 Å². The molecule has 0 radical (unpaired) electrons. The maximum Gasteiger partial charge on any atom is 0.250 e. The maximum absolute atomic E-state index is 13.3. The number of nitrogens with one attached hydrogen (secondary N) is 1. The second-order valence-electron chi connectivity index (χ2n) is 7.39. The number of carbonyl (C=O) groups excluding carboxylic acids is 2. The van der Waals surface area contributed by atoms with Crippen molar-refractivity contribution in [3.63, 3.8) is 0 Å². The molecule has 1 fully saturated rings. The largest absolute Gasteiger partial charge is 0.324 e. The average Bonchev–Trinajstić information content (AvgIpc) is 2.63. The molecule has 4 nitrogen and oxygen atoms in total. The number of hydrogen-bond acceptors (Lipinski definition) is 3. The first-order chi connectivity index (χ1) is 12.8. The van der Waals surface area contributed by atoms with Crippen LogP contribution in [0.2, 0.25) is 0 Å². The summed E-state index contributed by atoms with van der Waals surface area (Å²) in [5, 5.41) is 3.09. The number of amides is 2. The molecule has 1 saturated heterocycles. The highest BCUT2D eigenvalue weighted by molar-refractivity contribution is 8.00. The molecular weight excluding hydrogens is 356 g/mol. The second kappa shape index (κ2) is 7.77. The van der Waals surface area contributed by atoms with Crippen LogP contribution in [-0.2, 0) is 16.1 Å². The third-order valence-electron chi connectivity index (χ3n) is 5.30. The van der Waals surface area contributed by atoms with Gasteiger partial charge in [-0.25, -0.2) is 0 Å². The first-order valence-electron chi connectivity index (χ1n) is 9.13. The van der Waals surface area contributed by atoms with Gasteiger partial charge in [-0.3, -0.25) is 9.59 Å². The van der Waals surface area contributed by atoms with Crippen molar-refractivity contribution in [3.05, 3.63) is 64.7 Å². The quantitative estimate of drug-likeness (QED) is 0.867. The van der Waals surface area contributed by atoms with Gasteiger partial charge in [0, 0.05) is 18.0 Å². The smallest absolute Gasteiger partial charge is 0.250 e. The Labute approximate surface area is 165 Å². The van der Waals surface area contributed by atoms with E-state index >= 15 is 0 Å². The molecule has 0 saturated carbocycles. The number of nitrogens with zero attached hydrogens (tertiary/aromatic N) is 1. The molecular formula is C22H26N2O2S. The zero-order valence-corrected chi connectivity index (χ0v) is 17.2. The number of benzene rings is 2. The number of aryl methyl sites for hydroxylation is 3. The van der Waals surface area contributed by atoms with E-state index < -0.39 is 5.54 Å². The Bertz CT molecular complexity index is 860. The van der Waals surface area contributed by atoms with E-state index in [1.165, 1.54) is 11.8 Å². The molecule has 5 heteroatoms. The van der Waals surface area contributed by atoms with Crippen LogP contribution in [0.1, 0.15) is 29.2 Å². The zero-order chi connectivity index (χ0) is 19.6. The Morgan fingerprint density at radius 1 is 1.07 bits per heavy atom. The van der Waals surface area contributed by atoms with Crippen molar-refractivity contribution in [2.75, 3.05) is 16.8 Å². The van der Waals surface area contributed by atoms with Crippen molar-refractivity contribution in [2.45, 2.75) is 39.8 Å². The molecule has 1 atom stereocenters. The fraction of sp³-hybridized carbons (Fsp3) is 0.364. The van der Waals surface area contributed by atoms with Crippen molar-refractivity contribution in [1.29, 1.82) is 0 Å². The van der Waals surface area contributed by atoms with E-state index in [0.29, 0.717) is 18.1 Å². The lowest BCUT2D eigenvalue weighted by atomic mass is 9.97. The van der Waals surface area contributed by atoms with E-state index in [4.69, 9.17) is 0 Å². The minimum Gasteiger partial charge on any atom is -0.324 e. The lowest BCUT2D eigenvalue weighted by Crippen LogP contribution is -2.61. The average molecular weight is 383 g/mol. The van der Waals surface area contributed by atoms with Gasteiger partial charge in [-0.15, -0.1) is 11.8 Å². The summed E-state index contributed by atoms with van der Waals surface area (Å²) >= 11 is 1.52. The van der Waals surface area contributed by atoms with E-state index in [-0.39, 0.29) is 11.8 Å². The topological polar surface area (TPSA) is 49.4 Å². The molecule has 1 unspecified atom stereocenters. The maximum atomic E-state index is 13.3. The minimum atomic E-state index is -0.892. The summed E-state index contributed by atoms with van der Waals surface area (Å²) in [6, 6.07) is 14.0. The van der Waals surface area contributed by atoms with Crippen LogP contribution in [0.5, 0.6) is 0 Å². The molecule has 3 rings (SSSR count). The van der Waals surface area contributed by atoms with Crippen LogP contribution in [0, 0.1) is 20.8 Å². The lowest BCUT2D eigenvalue weighted by molar-refractivity contribution is -0.142. The fourth-order valence-corrected chi connectivity index (χ4v) is 4.55. The molecule has 1 aliphatic heterocycles. The molecule has 1 N–H and O–H groups in total. The third kappa shape index (κ3) is 3.88. The highest BCUT2D eigenvalue weighted by atomic mass is 32.2. The standard InChI is InChI=1S/C22H26N2O2S/c1-15-8-5-6-11-18(15)12-24-19(25)13-27-14-22(24,4)21(26)23-20-16(2)9-7-10-17(20)3/h5-11H,12-14H2,1-4H3,(H,23,26). The number of rotatable bonds is 4. The molecule has 0 spiro atoms. The molecule has 0 bridgehead atoms. The third-order valence-corrected chi connectivity index (χ3v) is 6.52. The van der Waals surface area contributed by atoms with Crippen LogP contribution in [0.3, 0.4) is 0 Å². The molecule has 2 aromatic carbocycles. The predicted molar refractivity (Wildman–Crippen MR) is 112 cm³/mol. The van der Waals surface area contributed by atoms with Gasteiger partial charge in [-0.05, 0) is 49.9 Å². The summed E-state index contributed by atoms with van der Waals surface area (Å²) in [6.45, 7) is 8.32. The molecule has 27 heavy (non-hydrogen) atoms. The summed E-state index contributed by atoms with van der Waals surface area (Å²) in [4.78, 5) is 27.8. The van der Waals surface area contributed by atoms with Gasteiger partial charge in [-0.1, -0.05) is 42.5 Å². The monoisotopic (exact) mass is 382 g/mol. The lowest BCUT2D eigenvalue weighted by Gasteiger charge is -2.43. The summed E-state index contributed by atoms with van der Waals surface area (Å²) in [5.41, 5.74) is 4.18. The zero-order valence-electron chi connectivity index (χ0n) is 16.3. The first-order valence-corrected chi connectivity index (χ1v) is 10.3. The van der Waals surface area contributed by atoms with E-state index in [1.54, 1.807) is 4.90 Å². The van der Waals surface area contributed by atoms with Crippen LogP contribution in [-0.4, -0.2) is 33.8 Å². The van der Waals surface area contributed by atoms with Crippen molar-refractivity contribution >= 4 is 29.3 Å². The molecule has 142 valence electrons. The van der Waals surface area contributed by atoms with Gasteiger partial charge in [-0.2, -0.15) is 0 Å². The van der Waals surface area contributed by atoms with Gasteiger partial charge in [0.05, 0.1) is 5.75 Å². The summed E-state index contributed by atoms with van der Waals surface area (Å²) in [6.07, 6.45) is 0. The van der Waals surface area contributed by atoms with E-state index in [2.05, 4.69) is 5.32 Å². The van der Waals surface area contributed by atoms with Crippen LogP contribution >= 0.6 is 11.8 Å². The highest BCUT2D eigenvalue weighted by Gasteiger charge is 2.45.